The van der Waals surface area contributed by atoms with Crippen LogP contribution < -0.4 is 5.32 Å². The Morgan fingerprint density at radius 2 is 1.86 bits per heavy atom. The number of carbonyl (C=O) groups excluding carboxylic acids is 1. The molecule has 2 aromatic rings. The Morgan fingerprint density at radius 1 is 1.19 bits per heavy atom. The molecule has 1 amide bonds. The van der Waals surface area contributed by atoms with Crippen LogP contribution in [0.2, 0.25) is 0 Å². The summed E-state index contributed by atoms with van der Waals surface area (Å²) in [6, 6.07) is 10.3. The molecule has 0 saturated carbocycles. The van der Waals surface area contributed by atoms with Crippen LogP contribution >= 0.6 is 0 Å². The van der Waals surface area contributed by atoms with Crippen LogP contribution in [0, 0.1) is 18.6 Å². The number of carbonyl (C=O) groups is 1. The highest BCUT2D eigenvalue weighted by Crippen LogP contribution is 2.18. The van der Waals surface area contributed by atoms with Crippen LogP contribution in [0.3, 0.4) is 0 Å². The van der Waals surface area contributed by atoms with Gasteiger partial charge < -0.3 is 10.4 Å². The van der Waals surface area contributed by atoms with E-state index in [4.69, 9.17) is 0 Å². The van der Waals surface area contributed by atoms with Gasteiger partial charge in [-0.2, -0.15) is 0 Å². The second kappa shape index (κ2) is 6.45. The van der Waals surface area contributed by atoms with Crippen molar-refractivity contribution >= 4 is 5.91 Å². The molecule has 0 aromatic heterocycles. The summed E-state index contributed by atoms with van der Waals surface area (Å²) in [5.74, 6) is -2.71. The number of hydrogen-bond donors (Lipinski definition) is 2. The first-order valence-corrected chi connectivity index (χ1v) is 6.46. The predicted molar refractivity (Wildman–Crippen MR) is 74.8 cm³/mol. The fourth-order valence-electron chi connectivity index (χ4n) is 2.01. The number of halogens is 2. The van der Waals surface area contributed by atoms with Crippen molar-refractivity contribution in [1.82, 2.24) is 5.32 Å². The smallest absolute Gasteiger partial charge is 0.257 e. The minimum absolute atomic E-state index is 0.182. The van der Waals surface area contributed by atoms with Crippen LogP contribution in [-0.2, 0) is 0 Å². The highest BCUT2D eigenvalue weighted by Gasteiger charge is 2.22. The maximum absolute atomic E-state index is 13.9. The molecule has 0 aliphatic rings. The highest BCUT2D eigenvalue weighted by atomic mass is 19.1. The first-order chi connectivity index (χ1) is 10.0. The SMILES string of the molecule is Cc1ccc(F)c(C(=O)NC(CO)c2ccccc2)c1F. The Hall–Kier alpha value is -2.27. The van der Waals surface area contributed by atoms with Crippen LogP contribution in [0.1, 0.15) is 27.5 Å². The molecular formula is C16H15F2NO2. The van der Waals surface area contributed by atoms with Gasteiger partial charge in [0.05, 0.1) is 12.6 Å². The molecule has 0 bridgehead atoms. The normalized spacial score (nSPS) is 12.0. The summed E-state index contributed by atoms with van der Waals surface area (Å²) < 4.78 is 27.6. The van der Waals surface area contributed by atoms with Gasteiger partial charge in [-0.15, -0.1) is 0 Å². The van der Waals surface area contributed by atoms with Crippen molar-refractivity contribution in [3.8, 4) is 0 Å². The zero-order valence-electron chi connectivity index (χ0n) is 11.4. The summed E-state index contributed by atoms with van der Waals surface area (Å²) in [5.41, 5.74) is 0.202. The number of aliphatic hydroxyl groups is 1. The summed E-state index contributed by atoms with van der Waals surface area (Å²) in [7, 11) is 0. The lowest BCUT2D eigenvalue weighted by Crippen LogP contribution is -2.32. The summed E-state index contributed by atoms with van der Waals surface area (Å²) in [5, 5.41) is 11.8. The van der Waals surface area contributed by atoms with E-state index in [0.29, 0.717) is 5.56 Å². The first kappa shape index (κ1) is 15.1. The lowest BCUT2D eigenvalue weighted by atomic mass is 10.1. The maximum Gasteiger partial charge on any atom is 0.257 e. The van der Waals surface area contributed by atoms with Crippen LogP contribution in [0.15, 0.2) is 42.5 Å². The van der Waals surface area contributed by atoms with Crippen LogP contribution in [0.25, 0.3) is 0 Å². The van der Waals surface area contributed by atoms with Crippen molar-refractivity contribution in [3.05, 3.63) is 70.8 Å². The predicted octanol–water partition coefficient (Wildman–Crippen LogP) is 2.74. The number of rotatable bonds is 4. The molecule has 2 N–H and O–H groups in total. The average Bonchev–Trinajstić information content (AvgIpc) is 2.50. The Morgan fingerprint density at radius 3 is 2.48 bits per heavy atom. The molecule has 0 radical (unpaired) electrons. The van der Waals surface area contributed by atoms with E-state index in [1.54, 1.807) is 30.3 Å². The van der Waals surface area contributed by atoms with Gasteiger partial charge in [-0.05, 0) is 24.1 Å². The third-order valence-electron chi connectivity index (χ3n) is 3.20. The van der Waals surface area contributed by atoms with Crippen molar-refractivity contribution in [3.63, 3.8) is 0 Å². The van der Waals surface area contributed by atoms with Crippen LogP contribution in [0.4, 0.5) is 8.78 Å². The standard InChI is InChI=1S/C16H15F2NO2/c1-10-7-8-12(17)14(15(10)18)16(21)19-13(9-20)11-5-3-2-4-6-11/h2-8,13,20H,9H2,1H3,(H,19,21). The lowest BCUT2D eigenvalue weighted by Gasteiger charge is -2.17. The fourth-order valence-corrected chi connectivity index (χ4v) is 2.01. The maximum atomic E-state index is 13.9. The van der Waals surface area contributed by atoms with Crippen LogP contribution in [0.5, 0.6) is 0 Å². The summed E-state index contributed by atoms with van der Waals surface area (Å²) in [6.07, 6.45) is 0. The molecule has 0 spiro atoms. The number of benzene rings is 2. The zero-order chi connectivity index (χ0) is 15.4. The fraction of sp³-hybridized carbons (Fsp3) is 0.188. The van der Waals surface area contributed by atoms with E-state index in [1.165, 1.54) is 13.0 Å². The van der Waals surface area contributed by atoms with E-state index in [2.05, 4.69) is 5.32 Å². The van der Waals surface area contributed by atoms with E-state index < -0.39 is 29.1 Å². The quantitative estimate of drug-likeness (QED) is 0.910. The second-order valence-corrected chi connectivity index (χ2v) is 4.67. The van der Waals surface area contributed by atoms with Gasteiger partial charge in [0.2, 0.25) is 0 Å². The largest absolute Gasteiger partial charge is 0.394 e. The molecule has 0 aliphatic carbocycles. The molecule has 0 saturated heterocycles. The topological polar surface area (TPSA) is 49.3 Å². The number of aryl methyl sites for hydroxylation is 1. The summed E-state index contributed by atoms with van der Waals surface area (Å²) >= 11 is 0. The Balaban J connectivity index is 2.27. The minimum Gasteiger partial charge on any atom is -0.394 e. The monoisotopic (exact) mass is 291 g/mol. The summed E-state index contributed by atoms with van der Waals surface area (Å²) in [4.78, 5) is 12.1. The minimum atomic E-state index is -0.930. The van der Waals surface area contributed by atoms with Gasteiger partial charge in [-0.25, -0.2) is 8.78 Å². The molecule has 0 heterocycles. The third kappa shape index (κ3) is 3.25. The van der Waals surface area contributed by atoms with Crippen molar-refractivity contribution < 1.29 is 18.7 Å². The molecule has 21 heavy (non-hydrogen) atoms. The van der Waals surface area contributed by atoms with Crippen molar-refractivity contribution in [2.45, 2.75) is 13.0 Å². The van der Waals surface area contributed by atoms with Gasteiger partial charge >= 0.3 is 0 Å². The zero-order valence-corrected chi connectivity index (χ0v) is 11.4. The molecular weight excluding hydrogens is 276 g/mol. The molecule has 2 rings (SSSR count). The van der Waals surface area contributed by atoms with Crippen molar-refractivity contribution in [2.75, 3.05) is 6.61 Å². The van der Waals surface area contributed by atoms with Crippen molar-refractivity contribution in [2.24, 2.45) is 0 Å². The van der Waals surface area contributed by atoms with E-state index in [1.807, 2.05) is 0 Å². The Kier molecular flexibility index (Phi) is 4.65. The Labute approximate surface area is 121 Å². The van der Waals surface area contributed by atoms with E-state index in [9.17, 15) is 18.7 Å². The van der Waals surface area contributed by atoms with Gasteiger partial charge in [0.15, 0.2) is 0 Å². The highest BCUT2D eigenvalue weighted by molar-refractivity contribution is 5.95. The molecule has 5 heteroatoms. The molecule has 0 fully saturated rings. The van der Waals surface area contributed by atoms with Crippen LogP contribution in [-0.4, -0.2) is 17.6 Å². The first-order valence-electron chi connectivity index (χ1n) is 6.46. The number of hydrogen-bond acceptors (Lipinski definition) is 2. The number of nitrogens with one attached hydrogen (secondary N) is 1. The lowest BCUT2D eigenvalue weighted by molar-refractivity contribution is 0.0907. The molecule has 0 aliphatic heterocycles. The van der Waals surface area contributed by atoms with Crippen molar-refractivity contribution in [1.29, 1.82) is 0 Å². The van der Waals surface area contributed by atoms with E-state index >= 15 is 0 Å². The van der Waals surface area contributed by atoms with E-state index in [0.717, 1.165) is 6.07 Å². The van der Waals surface area contributed by atoms with Gasteiger partial charge in [-0.3, -0.25) is 4.79 Å². The molecule has 3 nitrogen and oxygen atoms in total. The average molecular weight is 291 g/mol. The van der Waals surface area contributed by atoms with Gasteiger partial charge in [-0.1, -0.05) is 36.4 Å². The molecule has 1 unspecified atom stereocenters. The van der Waals surface area contributed by atoms with Gasteiger partial charge in [0.1, 0.15) is 17.2 Å². The van der Waals surface area contributed by atoms with E-state index in [-0.39, 0.29) is 12.2 Å². The number of aliphatic hydroxyl groups excluding tert-OH is 1. The van der Waals surface area contributed by atoms with Gasteiger partial charge in [0.25, 0.3) is 5.91 Å². The number of amides is 1. The second-order valence-electron chi connectivity index (χ2n) is 4.67. The third-order valence-corrected chi connectivity index (χ3v) is 3.20. The molecule has 110 valence electrons. The Bertz CT molecular complexity index is 644. The molecule has 1 atom stereocenters. The van der Waals surface area contributed by atoms with Gasteiger partial charge in [0, 0.05) is 0 Å². The summed E-state index contributed by atoms with van der Waals surface area (Å²) in [6.45, 7) is 1.08. The molecule has 2 aromatic carbocycles.